The van der Waals surface area contributed by atoms with Crippen molar-refractivity contribution in [2.24, 2.45) is 0 Å². The van der Waals surface area contributed by atoms with E-state index in [0.29, 0.717) is 10.8 Å². The second kappa shape index (κ2) is 6.27. The topological polar surface area (TPSA) is 29.1 Å². The van der Waals surface area contributed by atoms with Gasteiger partial charge >= 0.3 is 0 Å². The van der Waals surface area contributed by atoms with E-state index >= 15 is 0 Å². The normalized spacial score (nSPS) is 10.3. The summed E-state index contributed by atoms with van der Waals surface area (Å²) in [7, 11) is 0. The highest BCUT2D eigenvalue weighted by Gasteiger charge is 2.05. The van der Waals surface area contributed by atoms with E-state index in [0.717, 1.165) is 15.5 Å². The predicted molar refractivity (Wildman–Crippen MR) is 79.9 cm³/mol. The number of hydrogen-bond donors (Lipinski definition) is 1. The van der Waals surface area contributed by atoms with Crippen LogP contribution < -0.4 is 5.32 Å². The average molecular weight is 298 g/mol. The van der Waals surface area contributed by atoms with Crippen molar-refractivity contribution in [3.05, 3.63) is 46.3 Å². The number of aryl methyl sites for hydroxylation is 1. The maximum absolute atomic E-state index is 11.7. The van der Waals surface area contributed by atoms with Crippen LogP contribution in [0.15, 0.2) is 39.9 Å². The van der Waals surface area contributed by atoms with E-state index in [9.17, 15) is 4.79 Å². The Morgan fingerprint density at radius 1 is 1.44 bits per heavy atom. The third-order valence-corrected chi connectivity index (χ3v) is 4.83. The largest absolute Gasteiger partial charge is 0.325 e. The van der Waals surface area contributed by atoms with Gasteiger partial charge in [0.15, 0.2) is 0 Å². The molecule has 94 valence electrons. The molecule has 2 nitrogen and oxygen atoms in total. The molecule has 0 spiro atoms. The van der Waals surface area contributed by atoms with Crippen LogP contribution in [-0.4, -0.2) is 11.7 Å². The number of amides is 1. The number of benzene rings is 1. The summed E-state index contributed by atoms with van der Waals surface area (Å²) in [4.78, 5) is 11.7. The van der Waals surface area contributed by atoms with Gasteiger partial charge < -0.3 is 5.32 Å². The van der Waals surface area contributed by atoms with Crippen molar-refractivity contribution in [3.8, 4) is 0 Å². The van der Waals surface area contributed by atoms with Crippen molar-refractivity contribution in [1.29, 1.82) is 0 Å². The maximum Gasteiger partial charge on any atom is 0.234 e. The van der Waals surface area contributed by atoms with Gasteiger partial charge in [-0.25, -0.2) is 0 Å². The minimum absolute atomic E-state index is 0.0201. The van der Waals surface area contributed by atoms with E-state index in [1.54, 1.807) is 17.4 Å². The number of thioether (sulfide) groups is 1. The van der Waals surface area contributed by atoms with Crippen molar-refractivity contribution < 1.29 is 4.79 Å². The summed E-state index contributed by atoms with van der Waals surface area (Å²) in [5.41, 5.74) is 1.74. The zero-order valence-electron chi connectivity index (χ0n) is 9.77. The molecular formula is C13H12ClNOS2. The van der Waals surface area contributed by atoms with Gasteiger partial charge in [-0.1, -0.05) is 23.7 Å². The lowest BCUT2D eigenvalue weighted by atomic mass is 10.2. The Labute approximate surface area is 119 Å². The van der Waals surface area contributed by atoms with Crippen LogP contribution in [0.4, 0.5) is 5.69 Å². The first-order valence-electron chi connectivity index (χ1n) is 5.37. The first kappa shape index (κ1) is 13.5. The van der Waals surface area contributed by atoms with E-state index in [1.165, 1.54) is 11.8 Å². The molecule has 0 unspecified atom stereocenters. The van der Waals surface area contributed by atoms with E-state index < -0.39 is 0 Å². The molecule has 0 bridgehead atoms. The first-order chi connectivity index (χ1) is 8.65. The van der Waals surface area contributed by atoms with Crippen molar-refractivity contribution in [2.45, 2.75) is 11.1 Å². The Morgan fingerprint density at radius 2 is 2.28 bits per heavy atom. The highest BCUT2D eigenvalue weighted by molar-refractivity contribution is 8.01. The number of nitrogens with one attached hydrogen (secondary N) is 1. The van der Waals surface area contributed by atoms with Crippen LogP contribution in [0.25, 0.3) is 0 Å². The van der Waals surface area contributed by atoms with Crippen LogP contribution in [0, 0.1) is 6.92 Å². The molecule has 2 rings (SSSR count). The Morgan fingerprint density at radius 3 is 2.94 bits per heavy atom. The summed E-state index contributed by atoms with van der Waals surface area (Å²) in [6, 6.07) is 9.50. The highest BCUT2D eigenvalue weighted by Crippen LogP contribution is 2.24. The minimum Gasteiger partial charge on any atom is -0.325 e. The lowest BCUT2D eigenvalue weighted by Gasteiger charge is -2.06. The third kappa shape index (κ3) is 3.77. The molecule has 0 aliphatic rings. The van der Waals surface area contributed by atoms with Crippen LogP contribution in [0.2, 0.25) is 5.02 Å². The molecule has 0 saturated carbocycles. The molecule has 2 aromatic rings. The first-order valence-corrected chi connectivity index (χ1v) is 7.62. The summed E-state index contributed by atoms with van der Waals surface area (Å²) >= 11 is 9.17. The molecule has 1 aromatic carbocycles. The fourth-order valence-corrected chi connectivity index (χ4v) is 3.11. The third-order valence-electron chi connectivity index (χ3n) is 2.30. The number of anilines is 1. The Hall–Kier alpha value is -0.970. The van der Waals surface area contributed by atoms with Gasteiger partial charge in [0.1, 0.15) is 0 Å². The molecular weight excluding hydrogens is 286 g/mol. The van der Waals surface area contributed by atoms with Crippen LogP contribution in [-0.2, 0) is 4.79 Å². The summed E-state index contributed by atoms with van der Waals surface area (Å²) in [6.45, 7) is 1.93. The van der Waals surface area contributed by atoms with Gasteiger partial charge in [-0.2, -0.15) is 0 Å². The average Bonchev–Trinajstić information content (AvgIpc) is 2.84. The van der Waals surface area contributed by atoms with Crippen molar-refractivity contribution >= 4 is 46.3 Å². The van der Waals surface area contributed by atoms with Crippen molar-refractivity contribution in [3.63, 3.8) is 0 Å². The molecule has 5 heteroatoms. The number of halogens is 1. The van der Waals surface area contributed by atoms with Gasteiger partial charge in [0.2, 0.25) is 5.91 Å². The Kier molecular flexibility index (Phi) is 4.69. The molecule has 0 aliphatic carbocycles. The number of thiophene rings is 1. The summed E-state index contributed by atoms with van der Waals surface area (Å²) in [5.74, 6) is 0.389. The van der Waals surface area contributed by atoms with Gasteiger partial charge in [-0.3, -0.25) is 4.79 Å². The van der Waals surface area contributed by atoms with E-state index in [1.807, 2.05) is 36.6 Å². The zero-order chi connectivity index (χ0) is 13.0. The fourth-order valence-electron chi connectivity index (χ4n) is 1.35. The van der Waals surface area contributed by atoms with Gasteiger partial charge in [-0.05, 0) is 36.1 Å². The van der Waals surface area contributed by atoms with E-state index in [4.69, 9.17) is 11.6 Å². The molecule has 1 heterocycles. The van der Waals surface area contributed by atoms with Gasteiger partial charge in [-0.15, -0.1) is 23.1 Å². The van der Waals surface area contributed by atoms with Crippen LogP contribution in [0.1, 0.15) is 5.56 Å². The maximum atomic E-state index is 11.7. The summed E-state index contributed by atoms with van der Waals surface area (Å²) in [5, 5.41) is 5.50. The smallest absolute Gasteiger partial charge is 0.234 e. The monoisotopic (exact) mass is 297 g/mol. The second-order valence-electron chi connectivity index (χ2n) is 3.73. The van der Waals surface area contributed by atoms with Crippen LogP contribution in [0.3, 0.4) is 0 Å². The van der Waals surface area contributed by atoms with Crippen molar-refractivity contribution in [2.75, 3.05) is 11.1 Å². The number of carbonyl (C=O) groups is 1. The lowest BCUT2D eigenvalue weighted by Crippen LogP contribution is -2.13. The molecule has 0 saturated heterocycles. The molecule has 1 amide bonds. The quantitative estimate of drug-likeness (QED) is 0.845. The SMILES string of the molecule is Cc1ccc(NC(=O)CSc2cccs2)cc1Cl. The molecule has 18 heavy (non-hydrogen) atoms. The summed E-state index contributed by atoms with van der Waals surface area (Å²) < 4.78 is 1.15. The second-order valence-corrected chi connectivity index (χ2v) is 6.36. The van der Waals surface area contributed by atoms with E-state index in [-0.39, 0.29) is 5.91 Å². The van der Waals surface area contributed by atoms with E-state index in [2.05, 4.69) is 5.32 Å². The zero-order valence-corrected chi connectivity index (χ0v) is 12.2. The molecule has 0 atom stereocenters. The molecule has 1 N–H and O–H groups in total. The lowest BCUT2D eigenvalue weighted by molar-refractivity contribution is -0.113. The molecule has 0 radical (unpaired) electrons. The Bertz CT molecular complexity index is 540. The highest BCUT2D eigenvalue weighted by atomic mass is 35.5. The van der Waals surface area contributed by atoms with Crippen LogP contribution in [0.5, 0.6) is 0 Å². The van der Waals surface area contributed by atoms with Crippen LogP contribution >= 0.6 is 34.7 Å². The number of rotatable bonds is 4. The number of hydrogen-bond acceptors (Lipinski definition) is 3. The number of carbonyl (C=O) groups excluding carboxylic acids is 1. The van der Waals surface area contributed by atoms with Crippen molar-refractivity contribution in [1.82, 2.24) is 0 Å². The molecule has 0 fully saturated rings. The predicted octanol–water partition coefficient (Wildman–Crippen LogP) is 4.44. The fraction of sp³-hybridized carbons (Fsp3) is 0.154. The summed E-state index contributed by atoms with van der Waals surface area (Å²) in [6.07, 6.45) is 0. The minimum atomic E-state index is -0.0201. The molecule has 0 aliphatic heterocycles. The molecule has 1 aromatic heterocycles. The van der Waals surface area contributed by atoms with Gasteiger partial charge in [0.05, 0.1) is 9.96 Å². The van der Waals surface area contributed by atoms with Gasteiger partial charge in [0, 0.05) is 10.7 Å². The Balaban J connectivity index is 1.88. The van der Waals surface area contributed by atoms with Gasteiger partial charge in [0.25, 0.3) is 0 Å². The standard InChI is InChI=1S/C13H12ClNOS2/c1-9-4-5-10(7-11(9)14)15-12(16)8-18-13-3-2-6-17-13/h2-7H,8H2,1H3,(H,15,16).